The molecular weight excluding hydrogens is 277 g/mol. The van der Waals surface area contributed by atoms with E-state index in [0.29, 0.717) is 21.1 Å². The number of nitrogens with one attached hydrogen (secondary N) is 1. The van der Waals surface area contributed by atoms with Crippen LogP contribution < -0.4 is 5.32 Å². The Morgan fingerprint density at radius 2 is 1.82 bits per heavy atom. The molecule has 2 atom stereocenters. The Balaban J connectivity index is 2.15. The van der Waals surface area contributed by atoms with E-state index >= 15 is 0 Å². The highest BCUT2D eigenvalue weighted by molar-refractivity contribution is 6.44. The molecule has 1 aliphatic carbocycles. The molecule has 2 unspecified atom stereocenters. The van der Waals surface area contributed by atoms with Gasteiger partial charge in [0.1, 0.15) is 0 Å². The largest absolute Gasteiger partial charge is 0.381 e. The van der Waals surface area contributed by atoms with Gasteiger partial charge in [-0.1, -0.05) is 54.6 Å². The molecule has 94 valence electrons. The summed E-state index contributed by atoms with van der Waals surface area (Å²) in [6, 6.07) is 4.02. The van der Waals surface area contributed by atoms with Crippen molar-refractivity contribution >= 4 is 40.5 Å². The molecule has 1 aliphatic rings. The molecule has 2 rings (SSSR count). The third kappa shape index (κ3) is 3.01. The molecule has 17 heavy (non-hydrogen) atoms. The summed E-state index contributed by atoms with van der Waals surface area (Å²) in [5, 5.41) is 5.19. The van der Waals surface area contributed by atoms with Gasteiger partial charge in [0.25, 0.3) is 0 Å². The van der Waals surface area contributed by atoms with Gasteiger partial charge in [0, 0.05) is 6.04 Å². The number of rotatable bonds is 3. The van der Waals surface area contributed by atoms with Crippen LogP contribution in [0.25, 0.3) is 0 Å². The average molecular weight is 293 g/mol. The summed E-state index contributed by atoms with van der Waals surface area (Å²) in [7, 11) is 0. The first-order valence-corrected chi connectivity index (χ1v) is 7.16. The quantitative estimate of drug-likeness (QED) is 0.711. The number of benzene rings is 1. The van der Waals surface area contributed by atoms with E-state index in [9.17, 15) is 0 Å². The third-order valence-corrected chi connectivity index (χ3v) is 4.57. The minimum absolute atomic E-state index is 0.501. The van der Waals surface area contributed by atoms with Crippen LogP contribution in [0.4, 0.5) is 5.69 Å². The van der Waals surface area contributed by atoms with Crippen molar-refractivity contribution in [2.75, 3.05) is 5.32 Å². The molecule has 1 fully saturated rings. The highest BCUT2D eigenvalue weighted by atomic mass is 35.5. The first-order chi connectivity index (χ1) is 8.11. The number of anilines is 1. The molecule has 1 saturated carbocycles. The molecule has 0 saturated heterocycles. The van der Waals surface area contributed by atoms with Gasteiger partial charge in [-0.3, -0.25) is 0 Å². The second-order valence-corrected chi connectivity index (χ2v) is 5.82. The fourth-order valence-electron chi connectivity index (χ4n) is 2.55. The van der Waals surface area contributed by atoms with Gasteiger partial charge in [-0.2, -0.15) is 0 Å². The monoisotopic (exact) mass is 291 g/mol. The lowest BCUT2D eigenvalue weighted by Gasteiger charge is -2.21. The summed E-state index contributed by atoms with van der Waals surface area (Å²) in [4.78, 5) is 0. The van der Waals surface area contributed by atoms with E-state index in [1.807, 2.05) is 6.07 Å². The van der Waals surface area contributed by atoms with Gasteiger partial charge < -0.3 is 5.32 Å². The van der Waals surface area contributed by atoms with Crippen LogP contribution in [0.5, 0.6) is 0 Å². The van der Waals surface area contributed by atoms with E-state index in [1.54, 1.807) is 6.07 Å². The lowest BCUT2D eigenvalue weighted by molar-refractivity contribution is 0.489. The van der Waals surface area contributed by atoms with Crippen LogP contribution in [0, 0.1) is 5.92 Å². The predicted octanol–water partition coefficient (Wildman–Crippen LogP) is 5.64. The Bertz CT molecular complexity index is 406. The summed E-state index contributed by atoms with van der Waals surface area (Å²) in [5.74, 6) is 0.737. The van der Waals surface area contributed by atoms with E-state index in [0.717, 1.165) is 11.6 Å². The van der Waals surface area contributed by atoms with Crippen molar-refractivity contribution in [1.82, 2.24) is 0 Å². The van der Waals surface area contributed by atoms with Crippen LogP contribution >= 0.6 is 34.8 Å². The first-order valence-electron chi connectivity index (χ1n) is 6.03. The van der Waals surface area contributed by atoms with Crippen molar-refractivity contribution in [2.45, 2.75) is 38.6 Å². The summed E-state index contributed by atoms with van der Waals surface area (Å²) < 4.78 is 0. The van der Waals surface area contributed by atoms with E-state index in [2.05, 4.69) is 12.2 Å². The third-order valence-electron chi connectivity index (χ3n) is 3.53. The number of halogens is 3. The molecule has 1 nitrogen and oxygen atoms in total. The molecule has 0 spiro atoms. The second-order valence-electron chi connectivity index (χ2n) is 4.60. The van der Waals surface area contributed by atoms with E-state index < -0.39 is 0 Å². The number of hydrogen-bond donors (Lipinski definition) is 1. The maximum atomic E-state index is 6.17. The van der Waals surface area contributed by atoms with Gasteiger partial charge in [0.2, 0.25) is 0 Å². The lowest BCUT2D eigenvalue weighted by Crippen LogP contribution is -2.23. The lowest BCUT2D eigenvalue weighted by atomic mass is 10.0. The summed E-state index contributed by atoms with van der Waals surface area (Å²) in [5.41, 5.74) is 0.895. The van der Waals surface area contributed by atoms with Crippen molar-refractivity contribution in [3.63, 3.8) is 0 Å². The minimum atomic E-state index is 0.501. The van der Waals surface area contributed by atoms with E-state index in [-0.39, 0.29) is 0 Å². The topological polar surface area (TPSA) is 12.0 Å². The average Bonchev–Trinajstić information content (AvgIpc) is 2.73. The van der Waals surface area contributed by atoms with Gasteiger partial charge in [-0.25, -0.2) is 0 Å². The normalized spacial score (nSPS) is 24.0. The predicted molar refractivity (Wildman–Crippen MR) is 76.5 cm³/mol. The summed E-state index contributed by atoms with van der Waals surface area (Å²) in [6.45, 7) is 2.24. The molecule has 1 aromatic rings. The summed E-state index contributed by atoms with van der Waals surface area (Å²) >= 11 is 18.1. The Morgan fingerprint density at radius 1 is 1.12 bits per heavy atom. The molecule has 1 aromatic carbocycles. The van der Waals surface area contributed by atoms with Crippen LogP contribution in [-0.2, 0) is 0 Å². The van der Waals surface area contributed by atoms with Gasteiger partial charge in [-0.05, 0) is 30.9 Å². The minimum Gasteiger partial charge on any atom is -0.381 e. The molecule has 0 bridgehead atoms. The zero-order valence-electron chi connectivity index (χ0n) is 9.77. The van der Waals surface area contributed by atoms with Crippen molar-refractivity contribution < 1.29 is 0 Å². The maximum Gasteiger partial charge on any atom is 0.0653 e. The molecular formula is C13H16Cl3N. The van der Waals surface area contributed by atoms with Crippen molar-refractivity contribution in [3.05, 3.63) is 27.2 Å². The first kappa shape index (κ1) is 13.3. The van der Waals surface area contributed by atoms with Crippen LogP contribution in [-0.4, -0.2) is 6.04 Å². The van der Waals surface area contributed by atoms with Crippen LogP contribution in [0.1, 0.15) is 32.6 Å². The molecule has 1 N–H and O–H groups in total. The highest BCUT2D eigenvalue weighted by Gasteiger charge is 2.26. The van der Waals surface area contributed by atoms with Gasteiger partial charge in [0.05, 0.1) is 20.8 Å². The van der Waals surface area contributed by atoms with Crippen LogP contribution in [0.2, 0.25) is 15.1 Å². The van der Waals surface area contributed by atoms with Crippen molar-refractivity contribution in [1.29, 1.82) is 0 Å². The van der Waals surface area contributed by atoms with Gasteiger partial charge in [-0.15, -0.1) is 0 Å². The number of hydrogen-bond acceptors (Lipinski definition) is 1. The zero-order chi connectivity index (χ0) is 12.4. The SMILES string of the molecule is CCC1CCCC1Nc1cc(Cl)c(Cl)cc1Cl. The van der Waals surface area contributed by atoms with Crippen molar-refractivity contribution in [3.8, 4) is 0 Å². The zero-order valence-corrected chi connectivity index (χ0v) is 12.0. The smallest absolute Gasteiger partial charge is 0.0653 e. The highest BCUT2D eigenvalue weighted by Crippen LogP contribution is 2.36. The molecule has 0 heterocycles. The van der Waals surface area contributed by atoms with Gasteiger partial charge >= 0.3 is 0 Å². The molecule has 4 heteroatoms. The molecule has 0 amide bonds. The second kappa shape index (κ2) is 5.69. The Morgan fingerprint density at radius 3 is 2.53 bits per heavy atom. The maximum absolute atomic E-state index is 6.17. The van der Waals surface area contributed by atoms with Crippen molar-refractivity contribution in [2.24, 2.45) is 5.92 Å². The van der Waals surface area contributed by atoms with E-state index in [1.165, 1.54) is 25.7 Å². The van der Waals surface area contributed by atoms with Crippen LogP contribution in [0.15, 0.2) is 12.1 Å². The summed E-state index contributed by atoms with van der Waals surface area (Å²) in [6.07, 6.45) is 4.99. The fourth-order valence-corrected chi connectivity index (χ4v) is 3.15. The van der Waals surface area contributed by atoms with Crippen LogP contribution in [0.3, 0.4) is 0 Å². The molecule has 0 aromatic heterocycles. The molecule has 0 aliphatic heterocycles. The van der Waals surface area contributed by atoms with E-state index in [4.69, 9.17) is 34.8 Å². The van der Waals surface area contributed by atoms with Gasteiger partial charge in [0.15, 0.2) is 0 Å². The Kier molecular flexibility index (Phi) is 4.46. The Labute approximate surface area is 117 Å². The standard InChI is InChI=1S/C13H16Cl3N/c1-2-8-4-3-5-12(8)17-13-7-10(15)9(14)6-11(13)16/h6-8,12,17H,2-5H2,1H3. The Hall–Kier alpha value is -0.110. The molecule has 0 radical (unpaired) electrons. The fraction of sp³-hybridized carbons (Fsp3) is 0.538.